The quantitative estimate of drug-likeness (QED) is 0.461. The van der Waals surface area contributed by atoms with Crippen molar-refractivity contribution in [3.63, 3.8) is 0 Å². The van der Waals surface area contributed by atoms with Gasteiger partial charge in [-0.2, -0.15) is 0 Å². The lowest BCUT2D eigenvalue weighted by atomic mass is 9.75. The molecule has 3 rings (SSSR count). The van der Waals surface area contributed by atoms with Crippen molar-refractivity contribution in [3.8, 4) is 0 Å². The number of rotatable bonds is 3. The number of hydrogen-bond acceptors (Lipinski definition) is 4. The van der Waals surface area contributed by atoms with Crippen molar-refractivity contribution in [3.05, 3.63) is 0 Å². The summed E-state index contributed by atoms with van der Waals surface area (Å²) in [5, 5.41) is 0. The van der Waals surface area contributed by atoms with Crippen LogP contribution in [-0.4, -0.2) is 42.6 Å². The number of piperidine rings is 1. The minimum absolute atomic E-state index is 0.182. The van der Waals surface area contributed by atoms with Gasteiger partial charge in [-0.3, -0.25) is 10.2 Å². The number of hydrazine groups is 1. The molecule has 0 bridgehead atoms. The second-order valence-corrected chi connectivity index (χ2v) is 6.69. The highest BCUT2D eigenvalue weighted by Gasteiger charge is 2.35. The van der Waals surface area contributed by atoms with Gasteiger partial charge in [-0.15, -0.1) is 0 Å². The van der Waals surface area contributed by atoms with Crippen LogP contribution in [0.3, 0.4) is 0 Å². The van der Waals surface area contributed by atoms with Crippen LogP contribution in [-0.2, 0) is 9.53 Å². The monoisotopic (exact) mass is 281 g/mol. The van der Waals surface area contributed by atoms with Crippen LogP contribution < -0.4 is 11.3 Å². The molecule has 20 heavy (non-hydrogen) atoms. The van der Waals surface area contributed by atoms with Crippen LogP contribution in [0.2, 0.25) is 0 Å². The molecule has 0 radical (unpaired) electrons. The molecule has 5 heteroatoms. The predicted molar refractivity (Wildman–Crippen MR) is 76.7 cm³/mol. The third-order valence-corrected chi connectivity index (χ3v) is 5.38. The molecule has 2 aliphatic heterocycles. The van der Waals surface area contributed by atoms with Gasteiger partial charge in [0.25, 0.3) is 5.91 Å². The zero-order valence-electron chi connectivity index (χ0n) is 12.2. The van der Waals surface area contributed by atoms with Crippen molar-refractivity contribution in [1.82, 2.24) is 10.3 Å². The summed E-state index contributed by atoms with van der Waals surface area (Å²) < 4.78 is 5.82. The first-order valence-corrected chi connectivity index (χ1v) is 8.14. The van der Waals surface area contributed by atoms with Gasteiger partial charge in [0, 0.05) is 13.1 Å². The van der Waals surface area contributed by atoms with Crippen LogP contribution in [0.15, 0.2) is 0 Å². The van der Waals surface area contributed by atoms with E-state index in [1.165, 1.54) is 45.2 Å². The van der Waals surface area contributed by atoms with E-state index in [1.54, 1.807) is 0 Å². The van der Waals surface area contributed by atoms with Gasteiger partial charge >= 0.3 is 0 Å². The lowest BCUT2D eigenvalue weighted by molar-refractivity contribution is -0.132. The molecule has 0 aromatic heterocycles. The highest BCUT2D eigenvalue weighted by molar-refractivity contribution is 5.80. The largest absolute Gasteiger partial charge is 0.364 e. The van der Waals surface area contributed by atoms with Crippen LogP contribution in [0.25, 0.3) is 0 Å². The van der Waals surface area contributed by atoms with Gasteiger partial charge in [0.05, 0.1) is 6.10 Å². The number of fused-ring (bicyclic) bond motifs is 1. The summed E-state index contributed by atoms with van der Waals surface area (Å²) in [6, 6.07) is 0. The van der Waals surface area contributed by atoms with Gasteiger partial charge in [0.15, 0.2) is 0 Å². The van der Waals surface area contributed by atoms with Crippen LogP contribution in [0.1, 0.15) is 44.9 Å². The zero-order valence-corrected chi connectivity index (χ0v) is 12.2. The Morgan fingerprint density at radius 1 is 1.15 bits per heavy atom. The molecule has 3 N–H and O–H groups in total. The first-order chi connectivity index (χ1) is 9.76. The standard InChI is InChI=1S/C15H27N3O2/c16-17-15(19)14-6-5-13(20-14)10-18-8-7-11-3-1-2-4-12(11)9-18/h11-14H,1-10,16H2,(H,17,19). The van der Waals surface area contributed by atoms with E-state index in [2.05, 4.69) is 10.3 Å². The molecule has 1 saturated carbocycles. The first-order valence-electron chi connectivity index (χ1n) is 8.14. The van der Waals surface area contributed by atoms with Crippen LogP contribution >= 0.6 is 0 Å². The highest BCUT2D eigenvalue weighted by Crippen LogP contribution is 2.36. The third-order valence-electron chi connectivity index (χ3n) is 5.38. The van der Waals surface area contributed by atoms with E-state index in [0.29, 0.717) is 0 Å². The molecular weight excluding hydrogens is 254 g/mol. The normalized spacial score (nSPS) is 38.5. The van der Waals surface area contributed by atoms with Crippen LogP contribution in [0.4, 0.5) is 0 Å². The summed E-state index contributed by atoms with van der Waals surface area (Å²) >= 11 is 0. The molecular formula is C15H27N3O2. The SMILES string of the molecule is NNC(=O)C1CCC(CN2CCC3CCCCC3C2)O1. The minimum Gasteiger partial charge on any atom is -0.364 e. The average molecular weight is 281 g/mol. The Hall–Kier alpha value is -0.650. The van der Waals surface area contributed by atoms with E-state index in [1.807, 2.05) is 0 Å². The van der Waals surface area contributed by atoms with Crippen molar-refractivity contribution < 1.29 is 9.53 Å². The Morgan fingerprint density at radius 2 is 1.95 bits per heavy atom. The minimum atomic E-state index is -0.336. The fourth-order valence-corrected chi connectivity index (χ4v) is 4.26. The number of nitrogens with two attached hydrogens (primary N) is 1. The predicted octanol–water partition coefficient (Wildman–Crippen LogP) is 1.04. The smallest absolute Gasteiger partial charge is 0.263 e. The Morgan fingerprint density at radius 3 is 2.75 bits per heavy atom. The van der Waals surface area contributed by atoms with Gasteiger partial charge in [-0.1, -0.05) is 19.3 Å². The molecule has 0 aromatic carbocycles. The van der Waals surface area contributed by atoms with Gasteiger partial charge in [0.2, 0.25) is 0 Å². The topological polar surface area (TPSA) is 67.6 Å². The maximum absolute atomic E-state index is 11.5. The summed E-state index contributed by atoms with van der Waals surface area (Å²) in [5.41, 5.74) is 2.19. The highest BCUT2D eigenvalue weighted by atomic mass is 16.5. The Kier molecular flexibility index (Phi) is 4.58. The summed E-state index contributed by atoms with van der Waals surface area (Å²) in [5.74, 6) is 6.86. The number of nitrogens with zero attached hydrogens (tertiary/aromatic N) is 1. The third kappa shape index (κ3) is 3.15. The lowest BCUT2D eigenvalue weighted by Crippen LogP contribution is -2.45. The van der Waals surface area contributed by atoms with Crippen molar-refractivity contribution >= 4 is 5.91 Å². The number of amides is 1. The van der Waals surface area contributed by atoms with Crippen molar-refractivity contribution in [1.29, 1.82) is 0 Å². The molecule has 0 aromatic rings. The number of nitrogens with one attached hydrogen (secondary N) is 1. The fraction of sp³-hybridized carbons (Fsp3) is 0.933. The molecule has 1 amide bonds. The van der Waals surface area contributed by atoms with Crippen LogP contribution in [0, 0.1) is 11.8 Å². The van der Waals surface area contributed by atoms with E-state index in [-0.39, 0.29) is 18.1 Å². The Labute approximate surface area is 121 Å². The summed E-state index contributed by atoms with van der Waals surface area (Å²) in [4.78, 5) is 14.0. The maximum atomic E-state index is 11.5. The first kappa shape index (κ1) is 14.3. The van der Waals surface area contributed by atoms with Crippen molar-refractivity contribution in [2.45, 2.75) is 57.2 Å². The lowest BCUT2D eigenvalue weighted by Gasteiger charge is -2.42. The second-order valence-electron chi connectivity index (χ2n) is 6.69. The summed E-state index contributed by atoms with van der Waals surface area (Å²) in [7, 11) is 0. The summed E-state index contributed by atoms with van der Waals surface area (Å²) in [6.07, 6.45) is 8.69. The van der Waals surface area contributed by atoms with E-state index >= 15 is 0 Å². The molecule has 4 atom stereocenters. The Bertz CT molecular complexity index is 350. The van der Waals surface area contributed by atoms with Gasteiger partial charge in [-0.05, 0) is 44.1 Å². The van der Waals surface area contributed by atoms with Crippen molar-refractivity contribution in [2.75, 3.05) is 19.6 Å². The summed E-state index contributed by atoms with van der Waals surface area (Å²) in [6.45, 7) is 3.42. The van der Waals surface area contributed by atoms with Gasteiger partial charge in [-0.25, -0.2) is 5.84 Å². The molecule has 3 fully saturated rings. The molecule has 2 saturated heterocycles. The maximum Gasteiger partial charge on any atom is 0.263 e. The van der Waals surface area contributed by atoms with Gasteiger partial charge < -0.3 is 9.64 Å². The van der Waals surface area contributed by atoms with E-state index in [9.17, 15) is 4.79 Å². The Balaban J connectivity index is 1.46. The molecule has 4 unspecified atom stereocenters. The number of ether oxygens (including phenoxy) is 1. The average Bonchev–Trinajstić information content (AvgIpc) is 2.95. The zero-order chi connectivity index (χ0) is 13.9. The molecule has 1 aliphatic carbocycles. The van der Waals surface area contributed by atoms with Crippen molar-refractivity contribution in [2.24, 2.45) is 17.7 Å². The number of carbonyl (C=O) groups excluding carboxylic acids is 1. The van der Waals surface area contributed by atoms with Gasteiger partial charge in [0.1, 0.15) is 6.10 Å². The number of carbonyl (C=O) groups is 1. The molecule has 5 nitrogen and oxygen atoms in total. The molecule has 3 aliphatic rings. The molecule has 114 valence electrons. The fourth-order valence-electron chi connectivity index (χ4n) is 4.26. The second kappa shape index (κ2) is 6.41. The number of hydrogen-bond donors (Lipinski definition) is 2. The molecule has 0 spiro atoms. The van der Waals surface area contributed by atoms with E-state index in [4.69, 9.17) is 10.6 Å². The van der Waals surface area contributed by atoms with E-state index < -0.39 is 0 Å². The number of likely N-dealkylation sites (tertiary alicyclic amines) is 1. The molecule has 2 heterocycles. The van der Waals surface area contributed by atoms with Crippen LogP contribution in [0.5, 0.6) is 0 Å². The van der Waals surface area contributed by atoms with E-state index in [0.717, 1.165) is 31.2 Å².